The Kier molecular flexibility index (Phi) is 3.46. The summed E-state index contributed by atoms with van der Waals surface area (Å²) in [6.45, 7) is 0.785. The van der Waals surface area contributed by atoms with Crippen molar-refractivity contribution in [3.05, 3.63) is 42.2 Å². The molecule has 0 aliphatic heterocycles. The Morgan fingerprint density at radius 3 is 2.79 bits per heavy atom. The van der Waals surface area contributed by atoms with Gasteiger partial charge in [-0.05, 0) is 18.4 Å². The standard InChI is InChI=1S/C14H18N4O/c1-18-10-16-14(17-18)19-13(9-15-12-7-8-12)11-5-3-2-4-6-11/h2-6,10,12-13,15H,7-9H2,1H3. The second-order valence-electron chi connectivity index (χ2n) is 4.90. The molecule has 3 rings (SSSR count). The lowest BCUT2D eigenvalue weighted by Crippen LogP contribution is -2.27. The van der Waals surface area contributed by atoms with Crippen LogP contribution in [0.15, 0.2) is 36.7 Å². The molecule has 1 aromatic heterocycles. The third-order valence-electron chi connectivity index (χ3n) is 3.17. The molecule has 1 atom stereocenters. The van der Waals surface area contributed by atoms with Crippen LogP contribution < -0.4 is 10.1 Å². The Morgan fingerprint density at radius 1 is 1.37 bits per heavy atom. The van der Waals surface area contributed by atoms with Gasteiger partial charge in [0.15, 0.2) is 0 Å². The van der Waals surface area contributed by atoms with Gasteiger partial charge in [0.05, 0.1) is 0 Å². The molecule has 0 bridgehead atoms. The van der Waals surface area contributed by atoms with Crippen molar-refractivity contribution in [3.63, 3.8) is 0 Å². The summed E-state index contributed by atoms with van der Waals surface area (Å²) in [5.74, 6) is 0. The maximum Gasteiger partial charge on any atom is 0.336 e. The van der Waals surface area contributed by atoms with Crippen molar-refractivity contribution in [1.29, 1.82) is 0 Å². The van der Waals surface area contributed by atoms with E-state index in [1.54, 1.807) is 11.0 Å². The SMILES string of the molecule is Cn1cnc(OC(CNC2CC2)c2ccccc2)n1. The summed E-state index contributed by atoms with van der Waals surface area (Å²) < 4.78 is 7.54. The summed E-state index contributed by atoms with van der Waals surface area (Å²) >= 11 is 0. The summed E-state index contributed by atoms with van der Waals surface area (Å²) in [6.07, 6.45) is 4.13. The van der Waals surface area contributed by atoms with E-state index in [1.807, 2.05) is 25.2 Å². The molecule has 1 aliphatic rings. The molecule has 1 aromatic carbocycles. The maximum absolute atomic E-state index is 5.89. The highest BCUT2D eigenvalue weighted by molar-refractivity contribution is 5.19. The van der Waals surface area contributed by atoms with Crippen molar-refractivity contribution in [2.75, 3.05) is 6.54 Å². The summed E-state index contributed by atoms with van der Waals surface area (Å²) in [6, 6.07) is 11.3. The van der Waals surface area contributed by atoms with E-state index in [9.17, 15) is 0 Å². The van der Waals surface area contributed by atoms with Gasteiger partial charge in [0.2, 0.25) is 0 Å². The summed E-state index contributed by atoms with van der Waals surface area (Å²) in [5.41, 5.74) is 1.14. The first-order valence-corrected chi connectivity index (χ1v) is 6.62. The molecule has 1 unspecified atom stereocenters. The van der Waals surface area contributed by atoms with E-state index in [1.165, 1.54) is 12.8 Å². The molecule has 5 heteroatoms. The second-order valence-corrected chi connectivity index (χ2v) is 4.90. The van der Waals surface area contributed by atoms with Crippen LogP contribution in [0.2, 0.25) is 0 Å². The van der Waals surface area contributed by atoms with Crippen molar-refractivity contribution in [2.45, 2.75) is 25.0 Å². The zero-order valence-corrected chi connectivity index (χ0v) is 11.0. The van der Waals surface area contributed by atoms with E-state index in [0.29, 0.717) is 12.1 Å². The van der Waals surface area contributed by atoms with Crippen LogP contribution in [0.4, 0.5) is 0 Å². The molecule has 1 heterocycles. The normalized spacial score (nSPS) is 16.3. The van der Waals surface area contributed by atoms with Crippen molar-refractivity contribution >= 4 is 0 Å². The molecular weight excluding hydrogens is 240 g/mol. The van der Waals surface area contributed by atoms with Gasteiger partial charge in [0.25, 0.3) is 0 Å². The van der Waals surface area contributed by atoms with Crippen LogP contribution >= 0.6 is 0 Å². The molecule has 2 aromatic rings. The van der Waals surface area contributed by atoms with Gasteiger partial charge in [-0.25, -0.2) is 0 Å². The van der Waals surface area contributed by atoms with Crippen LogP contribution in [0, 0.1) is 0 Å². The minimum atomic E-state index is -0.0517. The predicted octanol–water partition coefficient (Wildman–Crippen LogP) is 1.69. The highest BCUT2D eigenvalue weighted by atomic mass is 16.5. The van der Waals surface area contributed by atoms with E-state index < -0.39 is 0 Å². The van der Waals surface area contributed by atoms with Crippen molar-refractivity contribution in [2.24, 2.45) is 7.05 Å². The number of nitrogens with one attached hydrogen (secondary N) is 1. The highest BCUT2D eigenvalue weighted by Gasteiger charge is 2.23. The number of benzene rings is 1. The topological polar surface area (TPSA) is 52.0 Å². The summed E-state index contributed by atoms with van der Waals surface area (Å²) in [4.78, 5) is 4.13. The number of hydrogen-bond acceptors (Lipinski definition) is 4. The van der Waals surface area contributed by atoms with Crippen LogP contribution in [-0.2, 0) is 7.05 Å². The van der Waals surface area contributed by atoms with Gasteiger partial charge in [-0.3, -0.25) is 4.68 Å². The fourth-order valence-corrected chi connectivity index (χ4v) is 1.96. The molecule has 1 N–H and O–H groups in total. The smallest absolute Gasteiger partial charge is 0.336 e. The first-order valence-electron chi connectivity index (χ1n) is 6.62. The number of aryl methyl sites for hydroxylation is 1. The molecule has 0 saturated heterocycles. The number of rotatable bonds is 6. The average molecular weight is 258 g/mol. The van der Waals surface area contributed by atoms with E-state index >= 15 is 0 Å². The number of ether oxygens (including phenoxy) is 1. The fourth-order valence-electron chi connectivity index (χ4n) is 1.96. The Hall–Kier alpha value is -1.88. The van der Waals surface area contributed by atoms with Crippen LogP contribution in [0.5, 0.6) is 6.01 Å². The predicted molar refractivity (Wildman–Crippen MR) is 71.8 cm³/mol. The summed E-state index contributed by atoms with van der Waals surface area (Å²) in [7, 11) is 1.83. The van der Waals surface area contributed by atoms with Crippen LogP contribution in [0.3, 0.4) is 0 Å². The van der Waals surface area contributed by atoms with Crippen molar-refractivity contribution in [1.82, 2.24) is 20.1 Å². The Balaban J connectivity index is 1.71. The molecular formula is C14H18N4O. The van der Waals surface area contributed by atoms with Crippen molar-refractivity contribution < 1.29 is 4.74 Å². The Morgan fingerprint density at radius 2 is 2.16 bits per heavy atom. The lowest BCUT2D eigenvalue weighted by Gasteiger charge is -2.17. The second kappa shape index (κ2) is 5.40. The molecule has 100 valence electrons. The van der Waals surface area contributed by atoms with Gasteiger partial charge in [0, 0.05) is 19.6 Å². The summed E-state index contributed by atoms with van der Waals surface area (Å²) in [5, 5.41) is 7.67. The molecule has 19 heavy (non-hydrogen) atoms. The van der Waals surface area contributed by atoms with E-state index in [0.717, 1.165) is 12.1 Å². The van der Waals surface area contributed by atoms with Gasteiger partial charge >= 0.3 is 6.01 Å². The van der Waals surface area contributed by atoms with E-state index in [-0.39, 0.29) is 6.10 Å². The fraction of sp³-hybridized carbons (Fsp3) is 0.429. The number of hydrogen-bond donors (Lipinski definition) is 1. The maximum atomic E-state index is 5.89. The molecule has 1 aliphatic carbocycles. The molecule has 1 fully saturated rings. The Bertz CT molecular complexity index is 521. The van der Waals surface area contributed by atoms with Gasteiger partial charge in [-0.2, -0.15) is 4.98 Å². The zero-order valence-electron chi connectivity index (χ0n) is 11.0. The molecule has 0 radical (unpaired) electrons. The first kappa shape index (κ1) is 12.2. The largest absolute Gasteiger partial charge is 0.453 e. The zero-order chi connectivity index (χ0) is 13.1. The van der Waals surface area contributed by atoms with Crippen LogP contribution in [-0.4, -0.2) is 27.4 Å². The Labute approximate surface area is 112 Å². The van der Waals surface area contributed by atoms with Gasteiger partial charge in [0.1, 0.15) is 12.4 Å². The molecule has 1 saturated carbocycles. The van der Waals surface area contributed by atoms with Gasteiger partial charge in [-0.1, -0.05) is 30.3 Å². The minimum Gasteiger partial charge on any atom is -0.453 e. The van der Waals surface area contributed by atoms with E-state index in [2.05, 4.69) is 27.5 Å². The lowest BCUT2D eigenvalue weighted by molar-refractivity contribution is 0.183. The molecule has 5 nitrogen and oxygen atoms in total. The molecule has 0 spiro atoms. The third-order valence-corrected chi connectivity index (χ3v) is 3.17. The first-order chi connectivity index (χ1) is 9.31. The number of nitrogens with zero attached hydrogens (tertiary/aromatic N) is 3. The third kappa shape index (κ3) is 3.32. The van der Waals surface area contributed by atoms with Crippen LogP contribution in [0.25, 0.3) is 0 Å². The van der Waals surface area contributed by atoms with Gasteiger partial charge in [-0.15, -0.1) is 5.10 Å². The average Bonchev–Trinajstić information content (AvgIpc) is 3.18. The minimum absolute atomic E-state index is 0.0517. The quantitative estimate of drug-likeness (QED) is 0.856. The van der Waals surface area contributed by atoms with Gasteiger partial charge < -0.3 is 10.1 Å². The van der Waals surface area contributed by atoms with E-state index in [4.69, 9.17) is 4.74 Å². The monoisotopic (exact) mass is 258 g/mol. The number of aromatic nitrogens is 3. The lowest BCUT2D eigenvalue weighted by atomic mass is 10.1. The highest BCUT2D eigenvalue weighted by Crippen LogP contribution is 2.22. The van der Waals surface area contributed by atoms with Crippen LogP contribution in [0.1, 0.15) is 24.5 Å². The van der Waals surface area contributed by atoms with Crippen molar-refractivity contribution in [3.8, 4) is 6.01 Å². The molecule has 0 amide bonds.